The van der Waals surface area contributed by atoms with Gasteiger partial charge in [-0.3, -0.25) is 9.63 Å². The van der Waals surface area contributed by atoms with Crippen molar-refractivity contribution in [3.63, 3.8) is 0 Å². The van der Waals surface area contributed by atoms with Gasteiger partial charge in [-0.05, 0) is 49.2 Å². The normalized spacial score (nSPS) is 10.2. The highest BCUT2D eigenvalue weighted by Crippen LogP contribution is 2.24. The zero-order valence-electron chi connectivity index (χ0n) is 11.8. The smallest absolute Gasteiger partial charge is 0.266 e. The molecule has 0 aliphatic heterocycles. The van der Waals surface area contributed by atoms with Crippen molar-refractivity contribution in [3.8, 4) is 11.5 Å². The zero-order chi connectivity index (χ0) is 15.4. The average molecular weight is 306 g/mol. The molecule has 2 N–H and O–H groups in total. The van der Waals surface area contributed by atoms with Crippen molar-refractivity contribution in [2.75, 3.05) is 0 Å². The van der Waals surface area contributed by atoms with Crippen LogP contribution < -0.4 is 9.57 Å². The fourth-order valence-electron chi connectivity index (χ4n) is 2.10. The predicted octanol–water partition coefficient (Wildman–Crippen LogP) is 3.47. The van der Waals surface area contributed by atoms with Crippen molar-refractivity contribution >= 4 is 17.7 Å². The van der Waals surface area contributed by atoms with Crippen LogP contribution in [0.5, 0.6) is 11.5 Å². The first-order chi connectivity index (χ1) is 10.0. The Morgan fingerprint density at radius 1 is 1.24 bits per heavy atom. The lowest BCUT2D eigenvalue weighted by molar-refractivity contribution is 0.0979. The maximum Gasteiger partial charge on any atom is 0.266 e. The molecule has 4 nitrogen and oxygen atoms in total. The van der Waals surface area contributed by atoms with Gasteiger partial charge in [-0.1, -0.05) is 12.1 Å². The number of hydrogen-bond acceptors (Lipinski definition) is 3. The molecule has 21 heavy (non-hydrogen) atoms. The molecule has 2 aromatic rings. The minimum Gasteiger partial charge on any atom is -0.508 e. The summed E-state index contributed by atoms with van der Waals surface area (Å²) in [6.07, 6.45) is 0. The second-order valence-corrected chi connectivity index (χ2v) is 4.95. The van der Waals surface area contributed by atoms with Crippen molar-refractivity contribution < 1.29 is 14.6 Å². The Morgan fingerprint density at radius 3 is 2.67 bits per heavy atom. The van der Waals surface area contributed by atoms with E-state index < -0.39 is 0 Å². The van der Waals surface area contributed by atoms with E-state index in [0.717, 1.165) is 16.7 Å². The summed E-state index contributed by atoms with van der Waals surface area (Å²) in [7, 11) is 0. The number of aromatic hydroxyl groups is 1. The molecule has 0 unspecified atom stereocenters. The van der Waals surface area contributed by atoms with E-state index in [0.29, 0.717) is 11.3 Å². The molecule has 0 fully saturated rings. The number of phenolic OH excluding ortho intramolecular Hbond substituents is 1. The average Bonchev–Trinajstić information content (AvgIpc) is 2.46. The Kier molecular flexibility index (Phi) is 4.70. The van der Waals surface area contributed by atoms with E-state index in [1.54, 1.807) is 30.3 Å². The molecule has 0 spiro atoms. The van der Waals surface area contributed by atoms with E-state index >= 15 is 0 Å². The van der Waals surface area contributed by atoms with Crippen LogP contribution in [0.4, 0.5) is 0 Å². The Morgan fingerprint density at radius 2 is 2.00 bits per heavy atom. The van der Waals surface area contributed by atoms with Crippen molar-refractivity contribution in [3.05, 3.63) is 58.7 Å². The molecule has 0 saturated heterocycles. The summed E-state index contributed by atoms with van der Waals surface area (Å²) >= 11 is 5.40. The molecule has 2 rings (SSSR count). The first-order valence-corrected chi connectivity index (χ1v) is 6.82. The Bertz CT molecular complexity index is 671. The van der Waals surface area contributed by atoms with Gasteiger partial charge in [0, 0.05) is 22.9 Å². The van der Waals surface area contributed by atoms with E-state index in [1.807, 2.05) is 19.9 Å². The van der Waals surface area contributed by atoms with Gasteiger partial charge < -0.3 is 9.84 Å². The van der Waals surface area contributed by atoms with Crippen LogP contribution >= 0.6 is 11.8 Å². The molecule has 0 radical (unpaired) electrons. The summed E-state index contributed by atoms with van der Waals surface area (Å²) in [6, 6.07) is 10.3. The van der Waals surface area contributed by atoms with E-state index in [-0.39, 0.29) is 18.3 Å². The van der Waals surface area contributed by atoms with Crippen LogP contribution in [0.25, 0.3) is 0 Å². The summed E-state index contributed by atoms with van der Waals surface area (Å²) in [4.78, 5) is 13.9. The van der Waals surface area contributed by atoms with Gasteiger partial charge in [0.2, 0.25) is 0 Å². The molecule has 110 valence electrons. The summed E-state index contributed by atoms with van der Waals surface area (Å²) in [5.41, 5.74) is 3.04. The lowest BCUT2D eigenvalue weighted by Crippen LogP contribution is -2.16. The second kappa shape index (κ2) is 6.50. The minimum absolute atomic E-state index is 0.193. The van der Waals surface area contributed by atoms with Crippen LogP contribution in [-0.4, -0.2) is 11.0 Å². The molecule has 0 aliphatic rings. The highest BCUT2D eigenvalue weighted by atomic mass is 35.5. The van der Waals surface area contributed by atoms with Crippen molar-refractivity contribution in [2.45, 2.75) is 20.5 Å². The fourth-order valence-corrected chi connectivity index (χ4v) is 2.20. The van der Waals surface area contributed by atoms with Gasteiger partial charge in [0.15, 0.2) is 0 Å². The SMILES string of the molecule is Cc1cc(O)ccc1OCc1c(C)cccc1C(=O)NCl. The third-order valence-corrected chi connectivity index (χ3v) is 3.44. The molecule has 1 amide bonds. The summed E-state index contributed by atoms with van der Waals surface area (Å²) in [6.45, 7) is 4.00. The molecule has 0 atom stereocenters. The molecule has 5 heteroatoms. The number of benzene rings is 2. The number of carbonyl (C=O) groups is 1. The molecule has 0 saturated carbocycles. The fraction of sp³-hybridized carbons (Fsp3) is 0.188. The van der Waals surface area contributed by atoms with Gasteiger partial charge in [0.1, 0.15) is 18.1 Å². The van der Waals surface area contributed by atoms with Crippen molar-refractivity contribution in [1.29, 1.82) is 0 Å². The van der Waals surface area contributed by atoms with Gasteiger partial charge in [0.05, 0.1) is 0 Å². The Balaban J connectivity index is 2.25. The lowest BCUT2D eigenvalue weighted by Gasteiger charge is -2.14. The number of aryl methyl sites for hydroxylation is 2. The number of carbonyl (C=O) groups excluding carboxylic acids is 1. The highest BCUT2D eigenvalue weighted by molar-refractivity contribution is 6.24. The Labute approximate surface area is 128 Å². The van der Waals surface area contributed by atoms with Crippen LogP contribution in [0.2, 0.25) is 0 Å². The summed E-state index contributed by atoms with van der Waals surface area (Å²) in [5.74, 6) is 0.493. The topological polar surface area (TPSA) is 58.6 Å². The van der Waals surface area contributed by atoms with Crippen LogP contribution in [0.1, 0.15) is 27.0 Å². The van der Waals surface area contributed by atoms with Gasteiger partial charge in [-0.15, -0.1) is 0 Å². The van der Waals surface area contributed by atoms with Gasteiger partial charge >= 0.3 is 0 Å². The maximum atomic E-state index is 11.8. The highest BCUT2D eigenvalue weighted by Gasteiger charge is 2.13. The van der Waals surface area contributed by atoms with Crippen LogP contribution in [0.3, 0.4) is 0 Å². The van der Waals surface area contributed by atoms with Gasteiger partial charge in [-0.25, -0.2) is 0 Å². The summed E-state index contributed by atoms with van der Waals surface area (Å²) in [5, 5.41) is 9.39. The second-order valence-electron chi connectivity index (χ2n) is 4.76. The molecule has 0 aliphatic carbocycles. The van der Waals surface area contributed by atoms with Crippen LogP contribution in [0.15, 0.2) is 36.4 Å². The third kappa shape index (κ3) is 3.47. The maximum absolute atomic E-state index is 11.8. The number of amides is 1. The standard InChI is InChI=1S/C16H16ClNO3/c1-10-4-3-5-13(16(20)18-17)14(10)9-21-15-7-6-12(19)8-11(15)2/h3-8,19H,9H2,1-2H3,(H,18,20). The number of halogens is 1. The minimum atomic E-state index is -0.360. The van der Waals surface area contributed by atoms with E-state index in [1.165, 1.54) is 0 Å². The first kappa shape index (κ1) is 15.2. The molecule has 2 aromatic carbocycles. The van der Waals surface area contributed by atoms with E-state index in [2.05, 4.69) is 4.84 Å². The number of ether oxygens (including phenoxy) is 1. The van der Waals surface area contributed by atoms with E-state index in [4.69, 9.17) is 16.5 Å². The molecular weight excluding hydrogens is 290 g/mol. The van der Waals surface area contributed by atoms with Crippen LogP contribution in [-0.2, 0) is 6.61 Å². The van der Waals surface area contributed by atoms with E-state index in [9.17, 15) is 9.90 Å². The van der Waals surface area contributed by atoms with Crippen LogP contribution in [0, 0.1) is 13.8 Å². The van der Waals surface area contributed by atoms with Crippen molar-refractivity contribution in [2.24, 2.45) is 0 Å². The molecule has 0 aromatic heterocycles. The van der Waals surface area contributed by atoms with Crippen molar-refractivity contribution in [1.82, 2.24) is 4.84 Å². The zero-order valence-corrected chi connectivity index (χ0v) is 12.6. The number of phenols is 1. The summed E-state index contributed by atoms with van der Waals surface area (Å²) < 4.78 is 5.76. The number of nitrogens with one attached hydrogen (secondary N) is 1. The molecule has 0 bridgehead atoms. The quantitative estimate of drug-likeness (QED) is 0.850. The largest absolute Gasteiger partial charge is 0.508 e. The monoisotopic (exact) mass is 305 g/mol. The van der Waals surface area contributed by atoms with Gasteiger partial charge in [-0.2, -0.15) is 0 Å². The first-order valence-electron chi connectivity index (χ1n) is 6.45. The predicted molar refractivity (Wildman–Crippen MR) is 81.7 cm³/mol. The number of rotatable bonds is 4. The Hall–Kier alpha value is -2.20. The number of hydrogen-bond donors (Lipinski definition) is 2. The molecule has 0 heterocycles. The molecular formula is C16H16ClNO3. The lowest BCUT2D eigenvalue weighted by atomic mass is 10.0. The van der Waals surface area contributed by atoms with Gasteiger partial charge in [0.25, 0.3) is 5.91 Å². The third-order valence-electron chi connectivity index (χ3n) is 3.27.